The molecule has 3 rings (SSSR count). The van der Waals surface area contributed by atoms with E-state index in [2.05, 4.69) is 6.92 Å². The molecular formula is C34H46O8. The topological polar surface area (TPSA) is 140 Å². The van der Waals surface area contributed by atoms with Gasteiger partial charge in [-0.15, -0.1) is 0 Å². The van der Waals surface area contributed by atoms with Gasteiger partial charge in [-0.3, -0.25) is 0 Å². The summed E-state index contributed by atoms with van der Waals surface area (Å²) in [4.78, 5) is 0. The molecule has 0 aliphatic carbocycles. The number of phenolic OH excluding ortho intramolecular Hbond substituents is 6. The standard InChI is InChI=1S/C34H46O8/c1-4-7-10-11-12-13-16-26-31(40)30(41-32-22(14-8-5-2)17-24(35)19-27(32)37)21-29(39)34(26)42-33-23(15-9-6-3)18-25(36)20-28(33)38/h17-21,35-40H,4-16H2,1-3H3. The predicted molar refractivity (Wildman–Crippen MR) is 164 cm³/mol. The zero-order chi connectivity index (χ0) is 30.6. The number of hydrogen-bond acceptors (Lipinski definition) is 8. The first-order valence-electron chi connectivity index (χ1n) is 15.2. The van der Waals surface area contributed by atoms with E-state index in [1.165, 1.54) is 30.3 Å². The highest BCUT2D eigenvalue weighted by atomic mass is 16.5. The van der Waals surface area contributed by atoms with E-state index in [0.717, 1.165) is 57.8 Å². The van der Waals surface area contributed by atoms with Crippen LogP contribution in [0.2, 0.25) is 0 Å². The lowest BCUT2D eigenvalue weighted by Crippen LogP contribution is -2.00. The molecule has 0 aliphatic rings. The maximum atomic E-state index is 11.5. The monoisotopic (exact) mass is 582 g/mol. The van der Waals surface area contributed by atoms with Crippen LogP contribution in [0.4, 0.5) is 0 Å². The molecule has 3 aromatic carbocycles. The van der Waals surface area contributed by atoms with Crippen molar-refractivity contribution in [2.24, 2.45) is 0 Å². The average molecular weight is 583 g/mol. The number of aromatic hydroxyl groups is 6. The van der Waals surface area contributed by atoms with Crippen molar-refractivity contribution in [3.63, 3.8) is 0 Å². The van der Waals surface area contributed by atoms with E-state index in [-0.39, 0.29) is 57.5 Å². The quantitative estimate of drug-likeness (QED) is 0.0684. The third-order valence-corrected chi connectivity index (χ3v) is 7.35. The van der Waals surface area contributed by atoms with Gasteiger partial charge >= 0.3 is 0 Å². The summed E-state index contributed by atoms with van der Waals surface area (Å²) in [5, 5.41) is 64.1. The number of benzene rings is 3. The zero-order valence-corrected chi connectivity index (χ0v) is 25.1. The Kier molecular flexibility index (Phi) is 12.3. The molecule has 8 nitrogen and oxygen atoms in total. The molecule has 6 N–H and O–H groups in total. The summed E-state index contributed by atoms with van der Waals surface area (Å²) in [7, 11) is 0. The molecule has 0 radical (unpaired) electrons. The number of phenols is 6. The van der Waals surface area contributed by atoms with Crippen molar-refractivity contribution in [3.05, 3.63) is 47.0 Å². The second kappa shape index (κ2) is 15.9. The summed E-state index contributed by atoms with van der Waals surface area (Å²) in [6.07, 6.45) is 10.9. The summed E-state index contributed by atoms with van der Waals surface area (Å²) in [6.45, 7) is 6.22. The molecule has 0 atom stereocenters. The largest absolute Gasteiger partial charge is 0.508 e. The highest BCUT2D eigenvalue weighted by Gasteiger charge is 2.25. The second-order valence-electron chi connectivity index (χ2n) is 10.9. The molecule has 8 heteroatoms. The molecule has 0 aromatic heterocycles. The smallest absolute Gasteiger partial charge is 0.176 e. The van der Waals surface area contributed by atoms with Crippen LogP contribution in [0.3, 0.4) is 0 Å². The van der Waals surface area contributed by atoms with Gasteiger partial charge in [-0.25, -0.2) is 0 Å². The molecule has 0 bridgehead atoms. The minimum absolute atomic E-state index is 0.00622. The molecule has 0 spiro atoms. The Morgan fingerprint density at radius 3 is 1.50 bits per heavy atom. The van der Waals surface area contributed by atoms with Gasteiger partial charge in [0, 0.05) is 34.9 Å². The van der Waals surface area contributed by atoms with Crippen molar-refractivity contribution >= 4 is 0 Å². The second-order valence-corrected chi connectivity index (χ2v) is 10.9. The molecule has 0 saturated carbocycles. The Morgan fingerprint density at radius 1 is 0.476 bits per heavy atom. The van der Waals surface area contributed by atoms with E-state index >= 15 is 0 Å². The maximum Gasteiger partial charge on any atom is 0.176 e. The van der Waals surface area contributed by atoms with Crippen molar-refractivity contribution in [2.45, 2.75) is 104 Å². The molecule has 230 valence electrons. The third-order valence-electron chi connectivity index (χ3n) is 7.35. The fraction of sp³-hybridized carbons (Fsp3) is 0.471. The first-order valence-corrected chi connectivity index (χ1v) is 15.2. The van der Waals surface area contributed by atoms with E-state index in [0.29, 0.717) is 42.4 Å². The van der Waals surface area contributed by atoms with Crippen LogP contribution >= 0.6 is 0 Å². The first kappa shape index (κ1) is 32.6. The molecule has 0 aliphatic heterocycles. The fourth-order valence-corrected chi connectivity index (χ4v) is 5.04. The van der Waals surface area contributed by atoms with Gasteiger partial charge in [0.1, 0.15) is 11.5 Å². The van der Waals surface area contributed by atoms with E-state index in [9.17, 15) is 30.6 Å². The van der Waals surface area contributed by atoms with Crippen LogP contribution in [-0.2, 0) is 19.3 Å². The minimum Gasteiger partial charge on any atom is -0.508 e. The average Bonchev–Trinajstić information content (AvgIpc) is 2.94. The van der Waals surface area contributed by atoms with E-state index in [1.807, 2.05) is 13.8 Å². The number of unbranched alkanes of at least 4 members (excludes halogenated alkanes) is 7. The molecular weight excluding hydrogens is 536 g/mol. The number of rotatable bonds is 17. The van der Waals surface area contributed by atoms with Crippen LogP contribution in [0, 0.1) is 0 Å². The number of hydrogen-bond donors (Lipinski definition) is 6. The van der Waals surface area contributed by atoms with Crippen LogP contribution in [-0.4, -0.2) is 30.6 Å². The molecule has 42 heavy (non-hydrogen) atoms. The maximum absolute atomic E-state index is 11.5. The number of ether oxygens (including phenoxy) is 2. The molecule has 0 saturated heterocycles. The molecule has 0 amide bonds. The Labute approximate surface area is 248 Å². The third kappa shape index (κ3) is 8.54. The van der Waals surface area contributed by atoms with Gasteiger partial charge in [-0.1, -0.05) is 65.7 Å². The normalized spacial score (nSPS) is 11.1. The Balaban J connectivity index is 2.05. The van der Waals surface area contributed by atoms with Crippen LogP contribution < -0.4 is 9.47 Å². The summed E-state index contributed by atoms with van der Waals surface area (Å²) < 4.78 is 12.2. The molecule has 0 fully saturated rings. The molecule has 0 heterocycles. The number of aryl methyl sites for hydroxylation is 2. The van der Waals surface area contributed by atoms with Crippen LogP contribution in [0.1, 0.15) is 102 Å². The van der Waals surface area contributed by atoms with Gasteiger partial charge in [0.15, 0.2) is 46.0 Å². The Morgan fingerprint density at radius 2 is 0.952 bits per heavy atom. The summed E-state index contributed by atoms with van der Waals surface area (Å²) >= 11 is 0. The molecule has 0 unspecified atom stereocenters. The van der Waals surface area contributed by atoms with Gasteiger partial charge in [0.05, 0.1) is 0 Å². The van der Waals surface area contributed by atoms with E-state index in [1.54, 1.807) is 0 Å². The van der Waals surface area contributed by atoms with Crippen molar-refractivity contribution in [1.29, 1.82) is 0 Å². The summed E-state index contributed by atoms with van der Waals surface area (Å²) in [5.74, 6) is -1.20. The van der Waals surface area contributed by atoms with Gasteiger partial charge in [0.2, 0.25) is 0 Å². The Hall–Kier alpha value is -3.94. The van der Waals surface area contributed by atoms with Gasteiger partial charge in [-0.2, -0.15) is 0 Å². The lowest BCUT2D eigenvalue weighted by molar-refractivity contribution is 0.352. The molecule has 3 aromatic rings. The SMILES string of the molecule is CCCCCCCCc1c(O)c(Oc2c(O)cc(O)cc2CCCC)cc(O)c1Oc1c(O)cc(O)cc1CCCC. The Bertz CT molecular complexity index is 1320. The highest BCUT2D eigenvalue weighted by Crippen LogP contribution is 2.50. The van der Waals surface area contributed by atoms with Gasteiger partial charge in [0.25, 0.3) is 0 Å². The van der Waals surface area contributed by atoms with Gasteiger partial charge in [-0.05, 0) is 50.7 Å². The predicted octanol–water partition coefficient (Wildman–Crippen LogP) is 9.09. The summed E-state index contributed by atoms with van der Waals surface area (Å²) in [5.41, 5.74) is 1.46. The van der Waals surface area contributed by atoms with Crippen molar-refractivity contribution < 1.29 is 40.1 Å². The first-order chi connectivity index (χ1) is 20.2. The highest BCUT2D eigenvalue weighted by molar-refractivity contribution is 5.64. The fourth-order valence-electron chi connectivity index (χ4n) is 5.04. The van der Waals surface area contributed by atoms with Crippen LogP contribution in [0.25, 0.3) is 0 Å². The van der Waals surface area contributed by atoms with Crippen molar-refractivity contribution in [1.82, 2.24) is 0 Å². The van der Waals surface area contributed by atoms with Crippen LogP contribution in [0.5, 0.6) is 57.5 Å². The zero-order valence-electron chi connectivity index (χ0n) is 25.1. The minimum atomic E-state index is -0.314. The summed E-state index contributed by atoms with van der Waals surface area (Å²) in [6, 6.07) is 6.61. The lowest BCUT2D eigenvalue weighted by Gasteiger charge is -2.20. The van der Waals surface area contributed by atoms with Gasteiger partial charge < -0.3 is 40.1 Å². The van der Waals surface area contributed by atoms with Crippen molar-refractivity contribution in [3.8, 4) is 57.5 Å². The van der Waals surface area contributed by atoms with E-state index < -0.39 is 0 Å². The van der Waals surface area contributed by atoms with E-state index in [4.69, 9.17) is 9.47 Å². The lowest BCUT2D eigenvalue weighted by atomic mass is 10.0. The van der Waals surface area contributed by atoms with Crippen molar-refractivity contribution in [2.75, 3.05) is 0 Å². The van der Waals surface area contributed by atoms with Crippen LogP contribution in [0.15, 0.2) is 30.3 Å².